The summed E-state index contributed by atoms with van der Waals surface area (Å²) in [7, 11) is 0. The molecule has 0 aliphatic rings. The van der Waals surface area contributed by atoms with Crippen LogP contribution in [0.4, 0.5) is 0 Å². The number of aromatic nitrogens is 2. The molecule has 0 aliphatic heterocycles. The number of hydrogen-bond donors (Lipinski definition) is 0. The van der Waals surface area contributed by atoms with Gasteiger partial charge in [0.05, 0.1) is 22.9 Å². The Balaban J connectivity index is 2.68. The largest absolute Gasteiger partial charge is 0.252 e. The Kier molecular flexibility index (Phi) is 2.13. The van der Waals surface area contributed by atoms with Crippen LogP contribution in [0.15, 0.2) is 42.8 Å². The van der Waals surface area contributed by atoms with Crippen LogP contribution in [-0.2, 0) is 0 Å². The van der Waals surface area contributed by atoms with Gasteiger partial charge in [-0.2, -0.15) is 0 Å². The number of para-hydroxylation sites is 2. The SMILES string of the molecule is C=C=C(C)c1cnc2ccccc2n1. The maximum atomic E-state index is 4.44. The molecular weight excluding hydrogens is 172 g/mol. The average Bonchev–Trinajstić information content (AvgIpc) is 2.27. The molecule has 14 heavy (non-hydrogen) atoms. The van der Waals surface area contributed by atoms with Crippen LogP contribution >= 0.6 is 0 Å². The average molecular weight is 182 g/mol. The summed E-state index contributed by atoms with van der Waals surface area (Å²) in [5.74, 6) is 0. The number of benzene rings is 1. The highest BCUT2D eigenvalue weighted by atomic mass is 14.8. The summed E-state index contributed by atoms with van der Waals surface area (Å²) in [4.78, 5) is 8.74. The van der Waals surface area contributed by atoms with Crippen molar-refractivity contribution in [2.45, 2.75) is 6.92 Å². The lowest BCUT2D eigenvalue weighted by molar-refractivity contribution is 1.24. The van der Waals surface area contributed by atoms with Gasteiger partial charge in [-0.1, -0.05) is 18.7 Å². The van der Waals surface area contributed by atoms with Gasteiger partial charge in [-0.15, -0.1) is 5.73 Å². The van der Waals surface area contributed by atoms with E-state index < -0.39 is 0 Å². The molecule has 0 fully saturated rings. The quantitative estimate of drug-likeness (QED) is 0.634. The molecule has 0 atom stereocenters. The second-order valence-electron chi connectivity index (χ2n) is 3.05. The molecule has 1 heterocycles. The normalized spacial score (nSPS) is 9.79. The van der Waals surface area contributed by atoms with Gasteiger partial charge >= 0.3 is 0 Å². The Morgan fingerprint density at radius 3 is 2.71 bits per heavy atom. The zero-order chi connectivity index (χ0) is 9.97. The summed E-state index contributed by atoms with van der Waals surface area (Å²) in [6.07, 6.45) is 1.75. The van der Waals surface area contributed by atoms with Crippen LogP contribution in [0.5, 0.6) is 0 Å². The van der Waals surface area contributed by atoms with Crippen molar-refractivity contribution in [2.75, 3.05) is 0 Å². The molecule has 2 heteroatoms. The van der Waals surface area contributed by atoms with Gasteiger partial charge in [-0.3, -0.25) is 4.98 Å². The minimum absolute atomic E-state index is 0.832. The molecule has 2 rings (SSSR count). The Morgan fingerprint density at radius 2 is 2.00 bits per heavy atom. The molecule has 0 radical (unpaired) electrons. The van der Waals surface area contributed by atoms with Gasteiger partial charge in [0.1, 0.15) is 0 Å². The van der Waals surface area contributed by atoms with Crippen molar-refractivity contribution in [3.63, 3.8) is 0 Å². The molecule has 2 aromatic rings. The predicted octanol–water partition coefficient (Wildman–Crippen LogP) is 2.82. The minimum atomic E-state index is 0.832. The van der Waals surface area contributed by atoms with Crippen LogP contribution in [0.1, 0.15) is 12.6 Å². The van der Waals surface area contributed by atoms with E-state index in [0.29, 0.717) is 0 Å². The van der Waals surface area contributed by atoms with Crippen molar-refractivity contribution in [3.05, 3.63) is 48.5 Å². The van der Waals surface area contributed by atoms with Crippen molar-refractivity contribution in [3.8, 4) is 0 Å². The van der Waals surface area contributed by atoms with Gasteiger partial charge in [0.2, 0.25) is 0 Å². The van der Waals surface area contributed by atoms with E-state index in [0.717, 1.165) is 22.3 Å². The van der Waals surface area contributed by atoms with Crippen LogP contribution in [0.3, 0.4) is 0 Å². The molecule has 0 bridgehead atoms. The molecule has 0 spiro atoms. The van der Waals surface area contributed by atoms with Gasteiger partial charge in [0.15, 0.2) is 0 Å². The number of rotatable bonds is 1. The van der Waals surface area contributed by atoms with Gasteiger partial charge in [0, 0.05) is 5.57 Å². The van der Waals surface area contributed by atoms with Gasteiger partial charge in [0.25, 0.3) is 0 Å². The maximum Gasteiger partial charge on any atom is 0.0926 e. The minimum Gasteiger partial charge on any atom is -0.252 e. The van der Waals surface area contributed by atoms with E-state index in [9.17, 15) is 0 Å². The molecule has 1 aromatic heterocycles. The summed E-state index contributed by atoms with van der Waals surface area (Å²) in [6, 6.07) is 7.79. The molecule has 0 saturated heterocycles. The van der Waals surface area contributed by atoms with E-state index in [1.807, 2.05) is 31.2 Å². The lowest BCUT2D eigenvalue weighted by atomic mass is 10.2. The van der Waals surface area contributed by atoms with Crippen molar-refractivity contribution in [1.82, 2.24) is 9.97 Å². The monoisotopic (exact) mass is 182 g/mol. The smallest absolute Gasteiger partial charge is 0.0926 e. The lowest BCUT2D eigenvalue weighted by Gasteiger charge is -1.99. The highest BCUT2D eigenvalue weighted by molar-refractivity contribution is 5.75. The summed E-state index contributed by atoms with van der Waals surface area (Å²) in [6.45, 7) is 5.51. The number of fused-ring (bicyclic) bond motifs is 1. The molecular formula is C12H10N2. The topological polar surface area (TPSA) is 25.8 Å². The summed E-state index contributed by atoms with van der Waals surface area (Å²) >= 11 is 0. The molecule has 68 valence electrons. The van der Waals surface area contributed by atoms with Gasteiger partial charge < -0.3 is 0 Å². The third kappa shape index (κ3) is 1.43. The summed E-state index contributed by atoms with van der Waals surface area (Å²) in [5, 5.41) is 0. The van der Waals surface area contributed by atoms with Crippen molar-refractivity contribution in [2.24, 2.45) is 0 Å². The molecule has 0 aliphatic carbocycles. The second-order valence-corrected chi connectivity index (χ2v) is 3.05. The Labute approximate surface area is 82.6 Å². The Bertz CT molecular complexity index is 523. The molecule has 0 unspecified atom stereocenters. The van der Waals surface area contributed by atoms with Crippen LogP contribution in [0.2, 0.25) is 0 Å². The molecule has 0 saturated carbocycles. The number of nitrogens with zero attached hydrogens (tertiary/aromatic N) is 2. The second kappa shape index (κ2) is 3.44. The molecule has 0 N–H and O–H groups in total. The maximum absolute atomic E-state index is 4.44. The van der Waals surface area contributed by atoms with E-state index in [1.54, 1.807) is 6.20 Å². The van der Waals surface area contributed by atoms with E-state index >= 15 is 0 Å². The van der Waals surface area contributed by atoms with E-state index in [2.05, 4.69) is 22.3 Å². The van der Waals surface area contributed by atoms with Crippen molar-refractivity contribution < 1.29 is 0 Å². The number of hydrogen-bond acceptors (Lipinski definition) is 2. The van der Waals surface area contributed by atoms with Crippen LogP contribution < -0.4 is 0 Å². The summed E-state index contributed by atoms with van der Waals surface area (Å²) in [5.41, 5.74) is 6.37. The third-order valence-corrected chi connectivity index (χ3v) is 2.10. The first kappa shape index (κ1) is 8.67. The first-order valence-electron chi connectivity index (χ1n) is 4.40. The lowest BCUT2D eigenvalue weighted by Crippen LogP contribution is -1.89. The van der Waals surface area contributed by atoms with Crippen LogP contribution in [-0.4, -0.2) is 9.97 Å². The van der Waals surface area contributed by atoms with Crippen LogP contribution in [0.25, 0.3) is 16.6 Å². The fourth-order valence-corrected chi connectivity index (χ4v) is 1.23. The van der Waals surface area contributed by atoms with E-state index in [-0.39, 0.29) is 0 Å². The fourth-order valence-electron chi connectivity index (χ4n) is 1.23. The fraction of sp³-hybridized carbons (Fsp3) is 0.0833. The highest BCUT2D eigenvalue weighted by Gasteiger charge is 1.99. The molecule has 0 amide bonds. The van der Waals surface area contributed by atoms with Gasteiger partial charge in [-0.05, 0) is 19.1 Å². The third-order valence-electron chi connectivity index (χ3n) is 2.10. The zero-order valence-corrected chi connectivity index (χ0v) is 7.99. The Hall–Kier alpha value is -1.92. The highest BCUT2D eigenvalue weighted by Crippen LogP contribution is 2.13. The van der Waals surface area contributed by atoms with Crippen molar-refractivity contribution >= 4 is 16.6 Å². The van der Waals surface area contributed by atoms with Gasteiger partial charge in [-0.25, -0.2) is 4.98 Å². The van der Waals surface area contributed by atoms with E-state index in [4.69, 9.17) is 0 Å². The standard InChI is InChI=1S/C12H10N2/c1-3-9(2)12-8-13-10-6-4-5-7-11(10)14-12/h4-8H,1H2,2H3. The first-order chi connectivity index (χ1) is 6.81. The van der Waals surface area contributed by atoms with Crippen LogP contribution in [0, 0.1) is 0 Å². The zero-order valence-electron chi connectivity index (χ0n) is 7.99. The first-order valence-corrected chi connectivity index (χ1v) is 4.40. The molecule has 2 nitrogen and oxygen atoms in total. The Morgan fingerprint density at radius 1 is 1.29 bits per heavy atom. The van der Waals surface area contributed by atoms with E-state index in [1.165, 1.54) is 0 Å². The number of allylic oxidation sites excluding steroid dienone is 1. The predicted molar refractivity (Wildman–Crippen MR) is 57.8 cm³/mol. The summed E-state index contributed by atoms with van der Waals surface area (Å²) < 4.78 is 0. The molecule has 1 aromatic carbocycles. The van der Waals surface area contributed by atoms with Crippen molar-refractivity contribution in [1.29, 1.82) is 0 Å².